The van der Waals surface area contributed by atoms with Crippen LogP contribution in [-0.2, 0) is 10.8 Å². The summed E-state index contributed by atoms with van der Waals surface area (Å²) in [5.41, 5.74) is 21.1. The molecule has 10 aromatic carbocycles. The van der Waals surface area contributed by atoms with Gasteiger partial charge in [0.05, 0.1) is 5.41 Å². The van der Waals surface area contributed by atoms with Crippen LogP contribution in [0, 0.1) is 13.8 Å². The fourth-order valence-corrected chi connectivity index (χ4v) is 10.9. The van der Waals surface area contributed by atoms with Gasteiger partial charge in [0.1, 0.15) is 0 Å². The Hall–Kier alpha value is -6.55. The van der Waals surface area contributed by atoms with E-state index in [0.717, 1.165) is 0 Å². The Morgan fingerprint density at radius 2 is 0.677 bits per heavy atom. The predicted molar refractivity (Wildman–Crippen MR) is 290 cm³/mol. The Morgan fingerprint density at radius 1 is 0.308 bits per heavy atom. The smallest absolute Gasteiger partial charge is 0.0713 e. The van der Waals surface area contributed by atoms with Crippen LogP contribution in [0.15, 0.2) is 218 Å². The van der Waals surface area contributed by atoms with E-state index in [-0.39, 0.29) is 34.8 Å². The van der Waals surface area contributed by atoms with E-state index in [2.05, 4.69) is 246 Å². The van der Waals surface area contributed by atoms with Crippen LogP contribution in [0.5, 0.6) is 0 Å². The van der Waals surface area contributed by atoms with Crippen LogP contribution in [-0.4, -0.2) is 0 Å². The third-order valence-corrected chi connectivity index (χ3v) is 13.8. The molecular weight excluding hydrogens is 896 g/mol. The molecule has 0 saturated heterocycles. The molecular formula is C64H55I. The Balaban J connectivity index is 0.000000166. The molecule has 0 saturated carbocycles. The molecule has 0 aliphatic heterocycles. The first-order valence-corrected chi connectivity index (χ1v) is 22.9. The Bertz CT molecular complexity index is 3280. The largest absolute Gasteiger partial charge is 0.107 e. The van der Waals surface area contributed by atoms with E-state index >= 15 is 0 Å². The van der Waals surface area contributed by atoms with Crippen molar-refractivity contribution in [2.75, 3.05) is 0 Å². The molecule has 12 rings (SSSR count). The highest BCUT2D eigenvalue weighted by molar-refractivity contribution is 14.0. The van der Waals surface area contributed by atoms with Gasteiger partial charge in [0.15, 0.2) is 0 Å². The minimum atomic E-state index is -0.381. The van der Waals surface area contributed by atoms with E-state index < -0.39 is 0 Å². The molecule has 0 aromatic heterocycles. The van der Waals surface area contributed by atoms with Crippen LogP contribution >= 0.6 is 24.0 Å². The summed E-state index contributed by atoms with van der Waals surface area (Å²) in [6.07, 6.45) is 0. The highest BCUT2D eigenvalue weighted by Gasteiger charge is 2.47. The molecule has 0 amide bonds. The molecule has 0 radical (unpaired) electrons. The molecule has 0 fully saturated rings. The van der Waals surface area contributed by atoms with Crippen molar-refractivity contribution in [1.82, 2.24) is 0 Å². The number of halogens is 1. The van der Waals surface area contributed by atoms with E-state index in [9.17, 15) is 0 Å². The molecule has 2 aliphatic carbocycles. The fraction of sp³-hybridized carbons (Fsp3) is 0.125. The maximum atomic E-state index is 2.35. The van der Waals surface area contributed by atoms with E-state index in [1.165, 1.54) is 111 Å². The summed E-state index contributed by atoms with van der Waals surface area (Å²) in [5, 5.41) is 5.18. The van der Waals surface area contributed by atoms with Gasteiger partial charge in [0, 0.05) is 5.41 Å². The van der Waals surface area contributed by atoms with Crippen molar-refractivity contribution in [1.29, 1.82) is 0 Å². The van der Waals surface area contributed by atoms with Gasteiger partial charge in [-0.05, 0) is 113 Å². The first-order chi connectivity index (χ1) is 31.4. The third-order valence-electron chi connectivity index (χ3n) is 13.8. The molecule has 0 heterocycles. The fourth-order valence-electron chi connectivity index (χ4n) is 10.9. The molecule has 0 unspecified atom stereocenters. The van der Waals surface area contributed by atoms with Crippen molar-refractivity contribution in [2.45, 2.75) is 52.4 Å². The van der Waals surface area contributed by atoms with Crippen molar-refractivity contribution in [3.8, 4) is 44.5 Å². The van der Waals surface area contributed by atoms with Crippen LogP contribution in [0.3, 0.4) is 0 Å². The number of rotatable bonds is 4. The second kappa shape index (κ2) is 17.8. The topological polar surface area (TPSA) is 0 Å². The van der Waals surface area contributed by atoms with E-state index in [4.69, 9.17) is 0 Å². The zero-order valence-corrected chi connectivity index (χ0v) is 40.5. The molecule has 318 valence electrons. The minimum Gasteiger partial charge on any atom is -0.107 e. The summed E-state index contributed by atoms with van der Waals surface area (Å²) in [4.78, 5) is 0. The highest BCUT2D eigenvalue weighted by Crippen LogP contribution is 2.59. The Kier molecular flexibility index (Phi) is 12.0. The summed E-state index contributed by atoms with van der Waals surface area (Å²) in [6, 6.07) is 80.5. The zero-order valence-electron chi connectivity index (χ0n) is 38.2. The maximum Gasteiger partial charge on any atom is 0.0713 e. The van der Waals surface area contributed by atoms with Crippen molar-refractivity contribution < 1.29 is 0 Å². The quantitative estimate of drug-likeness (QED) is 0.154. The second-order valence-corrected chi connectivity index (χ2v) is 17.7. The lowest BCUT2D eigenvalue weighted by Crippen LogP contribution is -2.28. The lowest BCUT2D eigenvalue weighted by Gasteiger charge is -2.34. The van der Waals surface area contributed by atoms with Gasteiger partial charge in [0.25, 0.3) is 0 Å². The summed E-state index contributed by atoms with van der Waals surface area (Å²) in [5.74, 6) is 0. The van der Waals surface area contributed by atoms with Crippen LogP contribution in [0.25, 0.3) is 66.1 Å². The van der Waals surface area contributed by atoms with Gasteiger partial charge >= 0.3 is 0 Å². The van der Waals surface area contributed by atoms with Crippen LogP contribution in [0.1, 0.15) is 72.2 Å². The van der Waals surface area contributed by atoms with E-state index in [1.807, 2.05) is 13.8 Å². The van der Waals surface area contributed by atoms with Crippen molar-refractivity contribution >= 4 is 45.5 Å². The molecule has 0 nitrogen and oxygen atoms in total. The summed E-state index contributed by atoms with van der Waals surface area (Å²) >= 11 is 0. The number of hydrogen-bond donors (Lipinski definition) is 0. The van der Waals surface area contributed by atoms with E-state index in [1.54, 1.807) is 0 Å². The normalized spacial score (nSPS) is 13.2. The van der Waals surface area contributed by atoms with Gasteiger partial charge in [0.2, 0.25) is 0 Å². The molecule has 10 aromatic rings. The summed E-state index contributed by atoms with van der Waals surface area (Å²) in [7, 11) is 0. The molecule has 0 N–H and O–H groups in total. The number of hydrogen-bond acceptors (Lipinski definition) is 0. The first kappa shape index (κ1) is 43.7. The average Bonchev–Trinajstić information content (AvgIpc) is 3.78. The van der Waals surface area contributed by atoms with Crippen LogP contribution in [0.4, 0.5) is 0 Å². The van der Waals surface area contributed by atoms with Gasteiger partial charge in [-0.1, -0.05) is 257 Å². The van der Waals surface area contributed by atoms with Gasteiger partial charge in [-0.2, -0.15) is 0 Å². The third kappa shape index (κ3) is 7.13. The lowest BCUT2D eigenvalue weighted by molar-refractivity contribution is 0.662. The molecule has 0 bridgehead atoms. The molecule has 0 spiro atoms. The number of benzene rings is 10. The van der Waals surface area contributed by atoms with Crippen molar-refractivity contribution in [2.24, 2.45) is 0 Å². The second-order valence-electron chi connectivity index (χ2n) is 17.7. The highest BCUT2D eigenvalue weighted by atomic mass is 127. The summed E-state index contributed by atoms with van der Waals surface area (Å²) < 4.78 is 0. The van der Waals surface area contributed by atoms with Crippen LogP contribution in [0.2, 0.25) is 0 Å². The van der Waals surface area contributed by atoms with Gasteiger partial charge < -0.3 is 0 Å². The average molecular weight is 951 g/mol. The lowest BCUT2D eigenvalue weighted by atomic mass is 9.67. The van der Waals surface area contributed by atoms with E-state index in [0.29, 0.717) is 0 Å². The Labute approximate surface area is 402 Å². The van der Waals surface area contributed by atoms with Gasteiger partial charge in [-0.25, -0.2) is 0 Å². The zero-order chi connectivity index (χ0) is 44.0. The maximum absolute atomic E-state index is 2.35. The van der Waals surface area contributed by atoms with Crippen molar-refractivity contribution in [3.63, 3.8) is 0 Å². The predicted octanol–water partition coefficient (Wildman–Crippen LogP) is 17.9. The first-order valence-electron chi connectivity index (χ1n) is 22.9. The molecule has 1 heteroatoms. The SMILES string of the molecule is CC.CC1(C)c2ccccc2-c2cccc(-c3cccc4ccccc34)c21.Cc1ccc(C2(c3ccc(C)cc3)c3ccccc3-c3c(-c4cccc5ccccc45)cccc32)cc1.I. The standard InChI is InChI=1S/C37H28.C25H20.C2H6.HI/c1-25-17-21-28(22-18-25)37(29-23-19-26(2)20-24-29)34-15-6-5-12-33(34)36-32(14-8-16-35(36)37)31-13-7-10-27-9-3-4-11-30(27)31;1-25(2)23-16-6-5-12-20(23)22-15-8-14-21(24(22)25)19-13-7-10-17-9-3-4-11-18(17)19;1-2;/h3-24H,1-2H3;3-16H,1-2H3;1-2H3;1H. The molecule has 2 aliphatic rings. The minimum absolute atomic E-state index is 0. The van der Waals surface area contributed by atoms with Crippen LogP contribution < -0.4 is 0 Å². The molecule has 65 heavy (non-hydrogen) atoms. The van der Waals surface area contributed by atoms with Crippen molar-refractivity contribution in [3.05, 3.63) is 263 Å². The Morgan fingerprint density at radius 3 is 1.26 bits per heavy atom. The number of aryl methyl sites for hydroxylation is 2. The number of fused-ring (bicyclic) bond motifs is 8. The summed E-state index contributed by atoms with van der Waals surface area (Å²) in [6.45, 7) is 13.0. The monoisotopic (exact) mass is 950 g/mol. The van der Waals surface area contributed by atoms with Gasteiger partial charge in [-0.3, -0.25) is 0 Å². The van der Waals surface area contributed by atoms with Gasteiger partial charge in [-0.15, -0.1) is 24.0 Å². The molecule has 0 atom stereocenters.